The molecule has 0 unspecified atom stereocenters. The minimum Gasteiger partial charge on any atom is -0.493 e. The topological polar surface area (TPSA) is 40.6 Å². The van der Waals surface area contributed by atoms with Crippen molar-refractivity contribution in [1.82, 2.24) is 4.98 Å². The lowest BCUT2D eigenvalue weighted by Crippen LogP contribution is -2.13. The van der Waals surface area contributed by atoms with Crippen molar-refractivity contribution < 1.29 is 18.6 Å². The summed E-state index contributed by atoms with van der Waals surface area (Å²) in [6, 6.07) is 21.3. The first-order chi connectivity index (χ1) is 16.7. The average molecular weight is 458 g/mol. The van der Waals surface area contributed by atoms with E-state index in [1.165, 1.54) is 11.6 Å². The number of ether oxygens (including phenoxy) is 3. The maximum Gasteiger partial charge on any atom is 0.166 e. The molecule has 5 heteroatoms. The lowest BCUT2D eigenvalue weighted by atomic mass is 9.76. The molecule has 4 aromatic rings. The normalized spacial score (nSPS) is 18.0. The highest BCUT2D eigenvalue weighted by molar-refractivity contribution is 5.88. The van der Waals surface area contributed by atoms with Crippen molar-refractivity contribution in [2.24, 2.45) is 0 Å². The number of aromatic nitrogens is 1. The number of methoxy groups -OCH3 is 2. The number of fused-ring (bicyclic) bond motifs is 1. The third kappa shape index (κ3) is 4.30. The van der Waals surface area contributed by atoms with Crippen molar-refractivity contribution in [1.29, 1.82) is 0 Å². The molecule has 1 aliphatic rings. The molecule has 0 N–H and O–H groups in total. The van der Waals surface area contributed by atoms with Crippen LogP contribution in [0.25, 0.3) is 10.9 Å². The third-order valence-electron chi connectivity index (χ3n) is 6.85. The number of nitrogens with zero attached hydrogens (tertiary/aromatic N) is 1. The average Bonchev–Trinajstić information content (AvgIpc) is 2.89. The number of benzene rings is 3. The van der Waals surface area contributed by atoms with Crippen LogP contribution in [0.15, 0.2) is 72.9 Å². The quantitative estimate of drug-likeness (QED) is 0.298. The van der Waals surface area contributed by atoms with Crippen LogP contribution in [0.4, 0.5) is 4.39 Å². The van der Waals surface area contributed by atoms with Gasteiger partial charge in [0, 0.05) is 23.2 Å². The van der Waals surface area contributed by atoms with Crippen molar-refractivity contribution in [3.8, 4) is 23.0 Å². The van der Waals surface area contributed by atoms with Crippen LogP contribution in [0.3, 0.4) is 0 Å². The minimum absolute atomic E-state index is 0.258. The molecule has 0 amide bonds. The van der Waals surface area contributed by atoms with Crippen LogP contribution in [0.1, 0.15) is 48.6 Å². The first-order valence-corrected chi connectivity index (χ1v) is 11.7. The van der Waals surface area contributed by atoms with Crippen LogP contribution >= 0.6 is 0 Å². The fourth-order valence-electron chi connectivity index (χ4n) is 5.06. The van der Waals surface area contributed by atoms with Crippen LogP contribution < -0.4 is 14.2 Å². The number of hydrogen-bond donors (Lipinski definition) is 0. The lowest BCUT2D eigenvalue weighted by Gasteiger charge is -2.30. The molecule has 0 radical (unpaired) electrons. The van der Waals surface area contributed by atoms with E-state index in [0.717, 1.165) is 36.6 Å². The lowest BCUT2D eigenvalue weighted by molar-refractivity contribution is 0.355. The third-order valence-corrected chi connectivity index (χ3v) is 6.85. The van der Waals surface area contributed by atoms with Crippen molar-refractivity contribution in [3.63, 3.8) is 0 Å². The Morgan fingerprint density at radius 1 is 0.765 bits per heavy atom. The first-order valence-electron chi connectivity index (χ1n) is 11.7. The van der Waals surface area contributed by atoms with Crippen LogP contribution in [-0.4, -0.2) is 19.2 Å². The smallest absolute Gasteiger partial charge is 0.166 e. The van der Waals surface area contributed by atoms with Crippen molar-refractivity contribution in [3.05, 3.63) is 89.9 Å². The summed E-state index contributed by atoms with van der Waals surface area (Å²) in [5, 5.41) is 0.738. The molecule has 1 saturated carbocycles. The molecule has 0 bridgehead atoms. The van der Waals surface area contributed by atoms with Crippen LogP contribution in [0, 0.1) is 5.82 Å². The fourth-order valence-corrected chi connectivity index (χ4v) is 5.06. The molecule has 174 valence electrons. The molecule has 3 aromatic carbocycles. The van der Waals surface area contributed by atoms with Crippen LogP contribution in [0.2, 0.25) is 0 Å². The summed E-state index contributed by atoms with van der Waals surface area (Å²) in [5.74, 6) is 2.45. The van der Waals surface area contributed by atoms with Crippen molar-refractivity contribution >= 4 is 10.9 Å². The molecule has 0 saturated heterocycles. The second-order valence-corrected chi connectivity index (χ2v) is 8.75. The Bertz CT molecular complexity index is 1280. The van der Waals surface area contributed by atoms with Crippen LogP contribution in [0.5, 0.6) is 23.0 Å². The number of halogens is 1. The number of hydrogen-bond acceptors (Lipinski definition) is 4. The summed E-state index contributed by atoms with van der Waals surface area (Å²) < 4.78 is 32.2. The van der Waals surface area contributed by atoms with Crippen molar-refractivity contribution in [2.75, 3.05) is 14.2 Å². The van der Waals surface area contributed by atoms with Gasteiger partial charge < -0.3 is 14.2 Å². The van der Waals surface area contributed by atoms with E-state index in [-0.39, 0.29) is 11.7 Å². The van der Waals surface area contributed by atoms with Gasteiger partial charge in [-0.25, -0.2) is 4.39 Å². The number of para-hydroxylation sites is 1. The van der Waals surface area contributed by atoms with E-state index >= 15 is 4.39 Å². The molecule has 1 fully saturated rings. The zero-order valence-electron chi connectivity index (χ0n) is 19.5. The van der Waals surface area contributed by atoms with Gasteiger partial charge in [0.1, 0.15) is 5.75 Å². The Hall–Kier alpha value is -3.60. The van der Waals surface area contributed by atoms with Gasteiger partial charge in [0.15, 0.2) is 23.1 Å². The van der Waals surface area contributed by atoms with E-state index in [1.54, 1.807) is 38.6 Å². The summed E-state index contributed by atoms with van der Waals surface area (Å²) >= 11 is 0. The monoisotopic (exact) mass is 457 g/mol. The molecule has 5 rings (SSSR count). The molecular weight excluding hydrogens is 429 g/mol. The largest absolute Gasteiger partial charge is 0.493 e. The van der Waals surface area contributed by atoms with Crippen LogP contribution in [-0.2, 0) is 0 Å². The maximum atomic E-state index is 15.1. The second kappa shape index (κ2) is 9.72. The van der Waals surface area contributed by atoms with E-state index in [0.29, 0.717) is 34.4 Å². The van der Waals surface area contributed by atoms with E-state index in [4.69, 9.17) is 14.2 Å². The molecule has 1 aromatic heterocycles. The minimum atomic E-state index is -0.354. The van der Waals surface area contributed by atoms with Gasteiger partial charge in [-0.05, 0) is 61.3 Å². The summed E-state index contributed by atoms with van der Waals surface area (Å²) in [7, 11) is 3.17. The molecule has 1 heterocycles. The highest BCUT2D eigenvalue weighted by Crippen LogP contribution is 2.45. The molecule has 1 aliphatic carbocycles. The SMILES string of the molecule is COc1cc2nccc(Oc3c(F)cccc3C3CCC(c4ccccc4)CC3)c2cc1OC. The maximum absolute atomic E-state index is 15.1. The van der Waals surface area contributed by atoms with Gasteiger partial charge in [0.25, 0.3) is 0 Å². The van der Waals surface area contributed by atoms with E-state index < -0.39 is 0 Å². The van der Waals surface area contributed by atoms with Gasteiger partial charge in [0.05, 0.1) is 19.7 Å². The summed E-state index contributed by atoms with van der Waals surface area (Å²) in [4.78, 5) is 4.43. The molecule has 34 heavy (non-hydrogen) atoms. The molecule has 0 spiro atoms. The number of pyridine rings is 1. The predicted octanol–water partition coefficient (Wildman–Crippen LogP) is 7.62. The Morgan fingerprint density at radius 3 is 2.21 bits per heavy atom. The van der Waals surface area contributed by atoms with Gasteiger partial charge in [-0.2, -0.15) is 0 Å². The molecule has 0 atom stereocenters. The first kappa shape index (κ1) is 22.2. The van der Waals surface area contributed by atoms with E-state index in [9.17, 15) is 0 Å². The standard InChI is InChI=1S/C29H28FNO3/c1-32-27-17-23-25(18-28(27)33-2)31-16-15-26(23)34-29-22(9-6-10-24(29)30)21-13-11-20(12-14-21)19-7-4-3-5-8-19/h3-10,15-18,20-21H,11-14H2,1-2H3. The Balaban J connectivity index is 1.45. The molecule has 4 nitrogen and oxygen atoms in total. The summed E-state index contributed by atoms with van der Waals surface area (Å²) in [5.41, 5.74) is 3.01. The Labute approximate surface area is 199 Å². The zero-order valence-corrected chi connectivity index (χ0v) is 19.5. The molecular formula is C29H28FNO3. The van der Waals surface area contributed by atoms with E-state index in [2.05, 4.69) is 35.3 Å². The summed E-state index contributed by atoms with van der Waals surface area (Å²) in [6.45, 7) is 0. The van der Waals surface area contributed by atoms with Gasteiger partial charge >= 0.3 is 0 Å². The summed E-state index contributed by atoms with van der Waals surface area (Å²) in [6.07, 6.45) is 5.83. The van der Waals surface area contributed by atoms with E-state index in [1.807, 2.05) is 12.1 Å². The molecule has 0 aliphatic heterocycles. The second-order valence-electron chi connectivity index (χ2n) is 8.75. The highest BCUT2D eigenvalue weighted by atomic mass is 19.1. The van der Waals surface area contributed by atoms with Crippen molar-refractivity contribution in [2.45, 2.75) is 37.5 Å². The fraction of sp³-hybridized carbons (Fsp3) is 0.276. The Morgan fingerprint density at radius 2 is 1.47 bits per heavy atom. The highest BCUT2D eigenvalue weighted by Gasteiger charge is 2.27. The van der Waals surface area contributed by atoms with Gasteiger partial charge in [-0.3, -0.25) is 4.98 Å². The van der Waals surface area contributed by atoms with Gasteiger partial charge in [-0.1, -0.05) is 42.5 Å². The predicted molar refractivity (Wildman–Crippen MR) is 132 cm³/mol. The Kier molecular flexibility index (Phi) is 6.35. The number of rotatable bonds is 6. The van der Waals surface area contributed by atoms with Gasteiger partial charge in [-0.15, -0.1) is 0 Å². The van der Waals surface area contributed by atoms with Gasteiger partial charge in [0.2, 0.25) is 0 Å². The zero-order chi connectivity index (χ0) is 23.5.